The summed E-state index contributed by atoms with van der Waals surface area (Å²) >= 11 is 0. The summed E-state index contributed by atoms with van der Waals surface area (Å²) in [5.74, 6) is 0.0332. The molecule has 0 fully saturated rings. The molecule has 0 saturated heterocycles. The van der Waals surface area contributed by atoms with Crippen LogP contribution in [-0.2, 0) is 0 Å². The zero-order valence-corrected chi connectivity index (χ0v) is 11.2. The second-order valence-corrected chi connectivity index (χ2v) is 4.46. The molecule has 1 amide bonds. The SMILES string of the molecule is CCCN(CCN)C(=O)c1ccnc2ccccc12. The molecule has 1 heterocycles. The highest BCUT2D eigenvalue weighted by Crippen LogP contribution is 2.18. The third-order valence-corrected chi connectivity index (χ3v) is 3.06. The number of carbonyl (C=O) groups excluding carboxylic acids is 1. The summed E-state index contributed by atoms with van der Waals surface area (Å²) in [4.78, 5) is 18.7. The Bertz CT molecular complexity index is 557. The Kier molecular flexibility index (Phi) is 4.47. The fourth-order valence-corrected chi connectivity index (χ4v) is 2.19. The first-order valence-corrected chi connectivity index (χ1v) is 6.61. The van der Waals surface area contributed by atoms with Crippen LogP contribution in [-0.4, -0.2) is 35.4 Å². The van der Waals surface area contributed by atoms with Crippen molar-refractivity contribution in [3.05, 3.63) is 42.1 Å². The normalized spacial score (nSPS) is 10.6. The number of nitrogens with zero attached hydrogens (tertiary/aromatic N) is 2. The Hall–Kier alpha value is -1.94. The van der Waals surface area contributed by atoms with Crippen LogP contribution in [0.5, 0.6) is 0 Å². The maximum absolute atomic E-state index is 12.6. The molecular formula is C15H19N3O. The van der Waals surface area contributed by atoms with Crippen molar-refractivity contribution < 1.29 is 4.79 Å². The Morgan fingerprint density at radius 1 is 1.26 bits per heavy atom. The van der Waals surface area contributed by atoms with E-state index in [2.05, 4.69) is 11.9 Å². The third kappa shape index (κ3) is 2.90. The lowest BCUT2D eigenvalue weighted by atomic mass is 10.1. The van der Waals surface area contributed by atoms with Gasteiger partial charge in [-0.05, 0) is 18.6 Å². The fourth-order valence-electron chi connectivity index (χ4n) is 2.19. The number of nitrogens with two attached hydrogens (primary N) is 1. The lowest BCUT2D eigenvalue weighted by Gasteiger charge is -2.22. The van der Waals surface area contributed by atoms with Crippen molar-refractivity contribution in [3.8, 4) is 0 Å². The van der Waals surface area contributed by atoms with E-state index in [1.807, 2.05) is 29.2 Å². The van der Waals surface area contributed by atoms with Crippen LogP contribution in [0.2, 0.25) is 0 Å². The van der Waals surface area contributed by atoms with Gasteiger partial charge in [-0.1, -0.05) is 25.1 Å². The minimum absolute atomic E-state index is 0.0332. The first-order chi connectivity index (χ1) is 9.27. The van der Waals surface area contributed by atoms with Gasteiger partial charge in [0.2, 0.25) is 0 Å². The highest BCUT2D eigenvalue weighted by molar-refractivity contribution is 6.05. The molecule has 1 aromatic carbocycles. The largest absolute Gasteiger partial charge is 0.337 e. The molecule has 4 nitrogen and oxygen atoms in total. The Balaban J connectivity index is 2.39. The molecule has 0 saturated carbocycles. The predicted octanol–water partition coefficient (Wildman–Crippen LogP) is 2.05. The number of rotatable bonds is 5. The number of para-hydroxylation sites is 1. The molecule has 0 atom stereocenters. The van der Waals surface area contributed by atoms with Crippen molar-refractivity contribution in [1.29, 1.82) is 0 Å². The van der Waals surface area contributed by atoms with Gasteiger partial charge in [-0.2, -0.15) is 0 Å². The van der Waals surface area contributed by atoms with Gasteiger partial charge in [-0.3, -0.25) is 9.78 Å². The molecule has 1 aromatic heterocycles. The van der Waals surface area contributed by atoms with Crippen LogP contribution in [0.3, 0.4) is 0 Å². The Morgan fingerprint density at radius 3 is 2.79 bits per heavy atom. The quantitative estimate of drug-likeness (QED) is 0.891. The van der Waals surface area contributed by atoms with Crippen LogP contribution in [0.15, 0.2) is 36.5 Å². The second kappa shape index (κ2) is 6.29. The maximum atomic E-state index is 12.6. The van der Waals surface area contributed by atoms with E-state index >= 15 is 0 Å². The predicted molar refractivity (Wildman–Crippen MR) is 77.0 cm³/mol. The summed E-state index contributed by atoms with van der Waals surface area (Å²) in [7, 11) is 0. The standard InChI is InChI=1S/C15H19N3O/c1-2-10-18(11-8-16)15(19)13-7-9-17-14-6-4-3-5-12(13)14/h3-7,9H,2,8,10-11,16H2,1H3. The van der Waals surface area contributed by atoms with Gasteiger partial charge >= 0.3 is 0 Å². The first-order valence-electron chi connectivity index (χ1n) is 6.61. The summed E-state index contributed by atoms with van der Waals surface area (Å²) in [6, 6.07) is 9.48. The van der Waals surface area contributed by atoms with Crippen LogP contribution in [0.1, 0.15) is 23.7 Å². The van der Waals surface area contributed by atoms with E-state index in [0.717, 1.165) is 23.9 Å². The number of hydrogen-bond donors (Lipinski definition) is 1. The number of pyridine rings is 1. The van der Waals surface area contributed by atoms with Gasteiger partial charge in [0, 0.05) is 31.2 Å². The van der Waals surface area contributed by atoms with Crippen LogP contribution in [0.4, 0.5) is 0 Å². The van der Waals surface area contributed by atoms with Crippen molar-refractivity contribution in [2.45, 2.75) is 13.3 Å². The van der Waals surface area contributed by atoms with Crippen molar-refractivity contribution in [2.24, 2.45) is 5.73 Å². The average Bonchev–Trinajstić information content (AvgIpc) is 2.46. The summed E-state index contributed by atoms with van der Waals surface area (Å²) in [5.41, 5.74) is 7.13. The Morgan fingerprint density at radius 2 is 2.05 bits per heavy atom. The van der Waals surface area contributed by atoms with Crippen LogP contribution in [0, 0.1) is 0 Å². The minimum atomic E-state index is 0.0332. The molecule has 2 N–H and O–H groups in total. The number of benzene rings is 1. The van der Waals surface area contributed by atoms with E-state index < -0.39 is 0 Å². The van der Waals surface area contributed by atoms with Gasteiger partial charge in [0.1, 0.15) is 0 Å². The van der Waals surface area contributed by atoms with Crippen LogP contribution < -0.4 is 5.73 Å². The molecule has 4 heteroatoms. The lowest BCUT2D eigenvalue weighted by molar-refractivity contribution is 0.0762. The van der Waals surface area contributed by atoms with E-state index in [0.29, 0.717) is 18.7 Å². The van der Waals surface area contributed by atoms with Gasteiger partial charge in [0.25, 0.3) is 5.91 Å². The van der Waals surface area contributed by atoms with E-state index in [1.54, 1.807) is 12.3 Å². The molecule has 0 aliphatic heterocycles. The van der Waals surface area contributed by atoms with Gasteiger partial charge in [0.15, 0.2) is 0 Å². The van der Waals surface area contributed by atoms with Gasteiger partial charge in [-0.25, -0.2) is 0 Å². The average molecular weight is 257 g/mol. The zero-order chi connectivity index (χ0) is 13.7. The zero-order valence-electron chi connectivity index (χ0n) is 11.2. The molecule has 0 radical (unpaired) electrons. The lowest BCUT2D eigenvalue weighted by Crippen LogP contribution is -2.36. The third-order valence-electron chi connectivity index (χ3n) is 3.06. The second-order valence-electron chi connectivity index (χ2n) is 4.46. The van der Waals surface area contributed by atoms with Crippen molar-refractivity contribution in [3.63, 3.8) is 0 Å². The number of hydrogen-bond acceptors (Lipinski definition) is 3. The topological polar surface area (TPSA) is 59.2 Å². The monoisotopic (exact) mass is 257 g/mol. The molecule has 100 valence electrons. The van der Waals surface area contributed by atoms with Crippen LogP contribution >= 0.6 is 0 Å². The number of amides is 1. The highest BCUT2D eigenvalue weighted by Gasteiger charge is 2.16. The molecule has 19 heavy (non-hydrogen) atoms. The molecule has 0 unspecified atom stereocenters. The van der Waals surface area contributed by atoms with E-state index in [1.165, 1.54) is 0 Å². The molecule has 2 rings (SSSR count). The van der Waals surface area contributed by atoms with Crippen LogP contribution in [0.25, 0.3) is 10.9 Å². The maximum Gasteiger partial charge on any atom is 0.254 e. The first kappa shape index (κ1) is 13.5. The summed E-state index contributed by atoms with van der Waals surface area (Å²) in [6.45, 7) is 3.85. The van der Waals surface area contributed by atoms with Gasteiger partial charge in [-0.15, -0.1) is 0 Å². The molecular weight excluding hydrogens is 238 g/mol. The van der Waals surface area contributed by atoms with E-state index in [-0.39, 0.29) is 5.91 Å². The van der Waals surface area contributed by atoms with Crippen molar-refractivity contribution in [2.75, 3.05) is 19.6 Å². The molecule has 0 bridgehead atoms. The number of fused-ring (bicyclic) bond motifs is 1. The summed E-state index contributed by atoms with van der Waals surface area (Å²) in [6.07, 6.45) is 2.61. The smallest absolute Gasteiger partial charge is 0.254 e. The van der Waals surface area contributed by atoms with Crippen molar-refractivity contribution in [1.82, 2.24) is 9.88 Å². The molecule has 0 aliphatic rings. The number of aromatic nitrogens is 1. The van der Waals surface area contributed by atoms with E-state index in [4.69, 9.17) is 5.73 Å². The molecule has 0 spiro atoms. The van der Waals surface area contributed by atoms with E-state index in [9.17, 15) is 4.79 Å². The summed E-state index contributed by atoms with van der Waals surface area (Å²) in [5, 5.41) is 0.896. The minimum Gasteiger partial charge on any atom is -0.337 e. The molecule has 2 aromatic rings. The number of carbonyl (C=O) groups is 1. The fraction of sp³-hybridized carbons (Fsp3) is 0.333. The Labute approximate surface area is 113 Å². The van der Waals surface area contributed by atoms with Crippen molar-refractivity contribution >= 4 is 16.8 Å². The molecule has 0 aliphatic carbocycles. The summed E-state index contributed by atoms with van der Waals surface area (Å²) < 4.78 is 0. The van der Waals surface area contributed by atoms with Gasteiger partial charge < -0.3 is 10.6 Å². The van der Waals surface area contributed by atoms with Gasteiger partial charge in [0.05, 0.1) is 11.1 Å². The highest BCUT2D eigenvalue weighted by atomic mass is 16.2.